The summed E-state index contributed by atoms with van der Waals surface area (Å²) < 4.78 is 5.32. The molecule has 1 aliphatic heterocycles. The third-order valence-electron chi connectivity index (χ3n) is 4.03. The van der Waals surface area contributed by atoms with Gasteiger partial charge in [-0.1, -0.05) is 29.3 Å². The number of rotatable bonds is 3. The lowest BCUT2D eigenvalue weighted by Crippen LogP contribution is -2.52. The number of morpholine rings is 1. The van der Waals surface area contributed by atoms with E-state index in [2.05, 4.69) is 0 Å². The molecule has 1 aromatic rings. The molecular weight excluding hydrogens is 270 g/mol. The van der Waals surface area contributed by atoms with E-state index in [-0.39, 0.29) is 18.6 Å². The van der Waals surface area contributed by atoms with Crippen LogP contribution in [0.25, 0.3) is 0 Å². The molecule has 1 aliphatic carbocycles. The lowest BCUT2D eigenvalue weighted by atomic mass is 9.94. The molecule has 1 saturated heterocycles. The van der Waals surface area contributed by atoms with Gasteiger partial charge in [-0.3, -0.25) is 4.79 Å². The second-order valence-corrected chi connectivity index (χ2v) is 5.97. The molecule has 1 amide bonds. The Morgan fingerprint density at radius 1 is 1.24 bits per heavy atom. The summed E-state index contributed by atoms with van der Waals surface area (Å²) in [6.45, 7) is 3.80. The van der Waals surface area contributed by atoms with Gasteiger partial charge in [-0.2, -0.15) is 0 Å². The van der Waals surface area contributed by atoms with Crippen LogP contribution in [0.1, 0.15) is 35.6 Å². The van der Waals surface area contributed by atoms with Crippen LogP contribution in [0, 0.1) is 13.8 Å². The van der Waals surface area contributed by atoms with Crippen LogP contribution in [0.2, 0.25) is 0 Å². The van der Waals surface area contributed by atoms with E-state index in [0.29, 0.717) is 0 Å². The van der Waals surface area contributed by atoms with Crippen LogP contribution in [-0.4, -0.2) is 40.6 Å². The van der Waals surface area contributed by atoms with Crippen LogP contribution in [0.15, 0.2) is 18.2 Å². The Morgan fingerprint density at radius 2 is 1.86 bits per heavy atom. The molecule has 5 heteroatoms. The minimum absolute atomic E-state index is 0.112. The van der Waals surface area contributed by atoms with Crippen LogP contribution < -0.4 is 0 Å². The summed E-state index contributed by atoms with van der Waals surface area (Å²) in [5, 5.41) is 9.45. The van der Waals surface area contributed by atoms with Crippen molar-refractivity contribution in [3.63, 3.8) is 0 Å². The van der Waals surface area contributed by atoms with E-state index in [9.17, 15) is 14.7 Å². The fraction of sp³-hybridized carbons (Fsp3) is 0.500. The Kier molecular flexibility index (Phi) is 3.45. The molecule has 5 nitrogen and oxygen atoms in total. The van der Waals surface area contributed by atoms with E-state index in [0.717, 1.165) is 29.5 Å². The standard InChI is InChI=1S/C16H19NO4/c1-9-5-10(2)7-11(6-9)14-15(16(19)20)21-8-13(18)17(14)12-3-4-12/h5-7,12,14-15H,3-4,8H2,1-2H3,(H,19,20). The molecule has 0 spiro atoms. The molecule has 2 fully saturated rings. The maximum atomic E-state index is 12.2. The van der Waals surface area contributed by atoms with Crippen molar-refractivity contribution in [3.05, 3.63) is 34.9 Å². The summed E-state index contributed by atoms with van der Waals surface area (Å²) in [5.74, 6) is -1.13. The first-order valence-corrected chi connectivity index (χ1v) is 7.21. The summed E-state index contributed by atoms with van der Waals surface area (Å²) in [6, 6.07) is 5.56. The van der Waals surface area contributed by atoms with Gasteiger partial charge < -0.3 is 14.7 Å². The first-order chi connectivity index (χ1) is 9.97. The van der Waals surface area contributed by atoms with Crippen LogP contribution in [0.5, 0.6) is 0 Å². The van der Waals surface area contributed by atoms with Crippen molar-refractivity contribution in [2.45, 2.75) is 44.9 Å². The van der Waals surface area contributed by atoms with Crippen LogP contribution >= 0.6 is 0 Å². The highest BCUT2D eigenvalue weighted by molar-refractivity contribution is 5.83. The van der Waals surface area contributed by atoms with Crippen molar-refractivity contribution in [1.82, 2.24) is 4.90 Å². The zero-order valence-corrected chi connectivity index (χ0v) is 12.2. The minimum atomic E-state index is -1.02. The SMILES string of the molecule is Cc1cc(C)cc(C2C(C(=O)O)OCC(=O)N2C2CC2)c1. The van der Waals surface area contributed by atoms with E-state index in [4.69, 9.17) is 4.74 Å². The van der Waals surface area contributed by atoms with Crippen molar-refractivity contribution < 1.29 is 19.4 Å². The molecule has 112 valence electrons. The average molecular weight is 289 g/mol. The van der Waals surface area contributed by atoms with Gasteiger partial charge in [0.1, 0.15) is 6.61 Å². The highest BCUT2D eigenvalue weighted by Crippen LogP contribution is 2.39. The first-order valence-electron chi connectivity index (χ1n) is 7.21. The topological polar surface area (TPSA) is 66.8 Å². The number of benzene rings is 1. The second-order valence-electron chi connectivity index (χ2n) is 5.97. The minimum Gasteiger partial charge on any atom is -0.479 e. The lowest BCUT2D eigenvalue weighted by molar-refractivity contribution is -0.174. The van der Waals surface area contributed by atoms with E-state index in [1.54, 1.807) is 4.90 Å². The lowest BCUT2D eigenvalue weighted by Gasteiger charge is -2.40. The van der Waals surface area contributed by atoms with Crippen molar-refractivity contribution >= 4 is 11.9 Å². The third-order valence-corrected chi connectivity index (χ3v) is 4.03. The predicted molar refractivity (Wildman–Crippen MR) is 75.9 cm³/mol. The van der Waals surface area contributed by atoms with E-state index < -0.39 is 18.1 Å². The maximum Gasteiger partial charge on any atom is 0.335 e. The molecular formula is C16H19NO4. The summed E-state index contributed by atoms with van der Waals surface area (Å²) in [4.78, 5) is 25.5. The summed E-state index contributed by atoms with van der Waals surface area (Å²) in [5.41, 5.74) is 2.96. The highest BCUT2D eigenvalue weighted by Gasteiger charge is 2.47. The molecule has 2 aliphatic rings. The molecule has 3 rings (SSSR count). The van der Waals surface area contributed by atoms with Gasteiger partial charge in [0.2, 0.25) is 5.91 Å². The number of aryl methyl sites for hydroxylation is 2. The van der Waals surface area contributed by atoms with Gasteiger partial charge in [0.25, 0.3) is 0 Å². The summed E-state index contributed by atoms with van der Waals surface area (Å²) in [6.07, 6.45) is 0.892. The number of carboxylic acids is 1. The van der Waals surface area contributed by atoms with Crippen molar-refractivity contribution in [1.29, 1.82) is 0 Å². The van der Waals surface area contributed by atoms with Gasteiger partial charge in [0.05, 0.1) is 6.04 Å². The van der Waals surface area contributed by atoms with Gasteiger partial charge in [0.15, 0.2) is 6.10 Å². The Morgan fingerprint density at radius 3 is 2.38 bits per heavy atom. The maximum absolute atomic E-state index is 12.2. The molecule has 0 radical (unpaired) electrons. The molecule has 0 aromatic heterocycles. The number of carboxylic acid groups (broad SMARTS) is 1. The van der Waals surface area contributed by atoms with Crippen LogP contribution in [0.3, 0.4) is 0 Å². The fourth-order valence-corrected chi connectivity index (χ4v) is 3.13. The largest absolute Gasteiger partial charge is 0.479 e. The van der Waals surface area contributed by atoms with Crippen molar-refractivity contribution in [2.75, 3.05) is 6.61 Å². The summed E-state index contributed by atoms with van der Waals surface area (Å²) in [7, 11) is 0. The molecule has 1 heterocycles. The molecule has 1 N–H and O–H groups in total. The number of carbonyl (C=O) groups excluding carboxylic acids is 1. The Labute approximate surface area is 123 Å². The van der Waals surface area contributed by atoms with Crippen molar-refractivity contribution in [2.24, 2.45) is 0 Å². The molecule has 2 atom stereocenters. The van der Waals surface area contributed by atoms with Gasteiger partial charge in [-0.05, 0) is 32.3 Å². The normalized spacial score (nSPS) is 26.0. The number of hydrogen-bond acceptors (Lipinski definition) is 3. The number of amides is 1. The molecule has 0 bridgehead atoms. The van der Waals surface area contributed by atoms with Gasteiger partial charge in [-0.15, -0.1) is 0 Å². The molecule has 21 heavy (non-hydrogen) atoms. The predicted octanol–water partition coefficient (Wildman–Crippen LogP) is 1.82. The number of aliphatic carboxylic acids is 1. The van der Waals surface area contributed by atoms with E-state index >= 15 is 0 Å². The highest BCUT2D eigenvalue weighted by atomic mass is 16.5. The number of nitrogens with zero attached hydrogens (tertiary/aromatic N) is 1. The molecule has 2 unspecified atom stereocenters. The molecule has 1 saturated carbocycles. The quantitative estimate of drug-likeness (QED) is 0.921. The Bertz CT molecular complexity index is 574. The zero-order chi connectivity index (χ0) is 15.1. The van der Waals surface area contributed by atoms with Crippen LogP contribution in [0.4, 0.5) is 0 Å². The summed E-state index contributed by atoms with van der Waals surface area (Å²) >= 11 is 0. The van der Waals surface area contributed by atoms with E-state index in [1.165, 1.54) is 0 Å². The number of carbonyl (C=O) groups is 2. The number of ether oxygens (including phenoxy) is 1. The van der Waals surface area contributed by atoms with Gasteiger partial charge in [-0.25, -0.2) is 4.79 Å². The molecule has 1 aromatic carbocycles. The van der Waals surface area contributed by atoms with Crippen molar-refractivity contribution in [3.8, 4) is 0 Å². The zero-order valence-electron chi connectivity index (χ0n) is 12.2. The first kappa shape index (κ1) is 14.1. The third kappa shape index (κ3) is 2.65. The monoisotopic (exact) mass is 289 g/mol. The van der Waals surface area contributed by atoms with Gasteiger partial charge in [0, 0.05) is 6.04 Å². The number of hydrogen-bond donors (Lipinski definition) is 1. The van der Waals surface area contributed by atoms with Crippen LogP contribution in [-0.2, 0) is 14.3 Å². The van der Waals surface area contributed by atoms with Gasteiger partial charge >= 0.3 is 5.97 Å². The van der Waals surface area contributed by atoms with E-state index in [1.807, 2.05) is 32.0 Å². The Balaban J connectivity index is 2.05. The second kappa shape index (κ2) is 5.15. The average Bonchev–Trinajstić information content (AvgIpc) is 3.20. The Hall–Kier alpha value is -1.88. The smallest absolute Gasteiger partial charge is 0.335 e. The fourth-order valence-electron chi connectivity index (χ4n) is 3.13.